The Hall–Kier alpha value is -4.46. The van der Waals surface area contributed by atoms with E-state index in [1.165, 1.54) is 4.57 Å². The molecule has 7 nitrogen and oxygen atoms in total. The molecule has 36 heavy (non-hydrogen) atoms. The molecule has 6 rings (SSSR count). The van der Waals surface area contributed by atoms with Crippen molar-refractivity contribution < 1.29 is 19.7 Å². The van der Waals surface area contributed by atoms with Crippen molar-refractivity contribution in [1.82, 2.24) is 4.57 Å². The maximum Gasteiger partial charge on any atom is 0.228 e. The molecule has 0 amide bonds. The molecule has 0 radical (unpaired) electrons. The summed E-state index contributed by atoms with van der Waals surface area (Å²) >= 11 is 0. The Morgan fingerprint density at radius 2 is 1.75 bits per heavy atom. The van der Waals surface area contributed by atoms with Gasteiger partial charge < -0.3 is 19.7 Å². The fraction of sp³-hybridized carbons (Fsp3) is 0.241. The van der Waals surface area contributed by atoms with Gasteiger partial charge in [0.25, 0.3) is 0 Å². The van der Waals surface area contributed by atoms with Gasteiger partial charge in [-0.3, -0.25) is 4.57 Å². The third-order valence-corrected chi connectivity index (χ3v) is 7.54. The number of hydrogen-bond acceptors (Lipinski definition) is 5. The lowest BCUT2D eigenvalue weighted by Gasteiger charge is -2.26. The summed E-state index contributed by atoms with van der Waals surface area (Å²) in [5, 5.41) is 34.0. The van der Waals surface area contributed by atoms with Crippen LogP contribution in [-0.4, -0.2) is 21.4 Å². The van der Waals surface area contributed by atoms with Crippen LogP contribution in [-0.2, 0) is 15.9 Å². The van der Waals surface area contributed by atoms with Crippen molar-refractivity contribution in [3.05, 3.63) is 88.8 Å². The molecule has 4 aromatic rings. The van der Waals surface area contributed by atoms with Gasteiger partial charge in [0.15, 0.2) is 0 Å². The molecule has 0 spiro atoms. The van der Waals surface area contributed by atoms with Gasteiger partial charge in [-0.15, -0.1) is 0 Å². The SMILES string of the molecule is [C-]#[N+]c1ccccc1OCC[C@]12CC[C@](C)(O1)c1c2c(O)n(-c2ccc(C#N)c3ccccc23)c1O. The molecule has 1 fully saturated rings. The number of hydrogen-bond donors (Lipinski definition) is 2. The molecule has 0 saturated carbocycles. The van der Waals surface area contributed by atoms with E-state index in [4.69, 9.17) is 16.0 Å². The van der Waals surface area contributed by atoms with E-state index in [9.17, 15) is 15.5 Å². The molecule has 2 N–H and O–H groups in total. The van der Waals surface area contributed by atoms with Crippen molar-refractivity contribution in [1.29, 1.82) is 5.26 Å². The first-order chi connectivity index (χ1) is 17.4. The molecule has 2 atom stereocenters. The van der Waals surface area contributed by atoms with Gasteiger partial charge in [0.05, 0.1) is 47.2 Å². The number of nitrogens with zero attached hydrogens (tertiary/aromatic N) is 3. The van der Waals surface area contributed by atoms with Crippen LogP contribution in [0.4, 0.5) is 5.69 Å². The van der Waals surface area contributed by atoms with Crippen molar-refractivity contribution in [3.63, 3.8) is 0 Å². The maximum absolute atomic E-state index is 11.5. The largest absolute Gasteiger partial charge is 0.504 e. The summed E-state index contributed by atoms with van der Waals surface area (Å²) in [6.07, 6.45) is 1.83. The van der Waals surface area contributed by atoms with Gasteiger partial charge in [-0.1, -0.05) is 42.5 Å². The smallest absolute Gasteiger partial charge is 0.228 e. The van der Waals surface area contributed by atoms with Gasteiger partial charge in [-0.05, 0) is 38.0 Å². The second-order valence-electron chi connectivity index (χ2n) is 9.53. The molecular weight excluding hydrogens is 454 g/mol. The molecule has 178 valence electrons. The summed E-state index contributed by atoms with van der Waals surface area (Å²) in [5.74, 6) is 0.389. The van der Waals surface area contributed by atoms with Crippen molar-refractivity contribution in [2.75, 3.05) is 6.61 Å². The van der Waals surface area contributed by atoms with Crippen molar-refractivity contribution in [3.8, 4) is 29.3 Å². The van der Waals surface area contributed by atoms with E-state index >= 15 is 0 Å². The maximum atomic E-state index is 11.5. The monoisotopic (exact) mass is 477 g/mol. The van der Waals surface area contributed by atoms with Crippen LogP contribution in [0.15, 0.2) is 60.7 Å². The van der Waals surface area contributed by atoms with E-state index in [1.807, 2.05) is 37.3 Å². The Balaban J connectivity index is 1.43. The highest BCUT2D eigenvalue weighted by atomic mass is 16.5. The van der Waals surface area contributed by atoms with E-state index in [0.717, 1.165) is 10.8 Å². The Labute approximate surface area is 208 Å². The highest BCUT2D eigenvalue weighted by Crippen LogP contribution is 2.65. The van der Waals surface area contributed by atoms with Crippen molar-refractivity contribution >= 4 is 16.5 Å². The predicted octanol–water partition coefficient (Wildman–Crippen LogP) is 6.17. The summed E-state index contributed by atoms with van der Waals surface area (Å²) in [4.78, 5) is 3.51. The highest BCUT2D eigenvalue weighted by molar-refractivity contribution is 5.95. The van der Waals surface area contributed by atoms with Crippen LogP contribution >= 0.6 is 0 Å². The standard InChI is InChI=1S/C29H23N3O4/c1-28-13-14-29(36-28,15-16-35-23-10-6-5-9-21(23)31-2)25-24(28)26(33)32(27(25)34)22-12-11-18(17-30)19-7-3-4-8-20(19)22/h3-12,33-34H,13-16H2,1H3/t28-,29-/m0/s1. The minimum absolute atomic E-state index is 0.0549. The summed E-state index contributed by atoms with van der Waals surface area (Å²) < 4.78 is 13.9. The van der Waals surface area contributed by atoms with E-state index in [2.05, 4.69) is 10.9 Å². The Morgan fingerprint density at radius 3 is 2.53 bits per heavy atom. The zero-order valence-corrected chi connectivity index (χ0v) is 19.7. The molecule has 2 aliphatic heterocycles. The lowest BCUT2D eigenvalue weighted by molar-refractivity contribution is -0.0876. The summed E-state index contributed by atoms with van der Waals surface area (Å²) in [6, 6.07) is 20.2. The second kappa shape index (κ2) is 7.78. The minimum Gasteiger partial charge on any atom is -0.504 e. The molecular formula is C29H23N3O4. The first-order valence-electron chi connectivity index (χ1n) is 11.8. The molecule has 0 aliphatic carbocycles. The van der Waals surface area contributed by atoms with Gasteiger partial charge in [0.1, 0.15) is 11.4 Å². The summed E-state index contributed by atoms with van der Waals surface area (Å²) in [5.41, 5.74) is 1.20. The van der Waals surface area contributed by atoms with E-state index in [0.29, 0.717) is 53.1 Å². The molecule has 2 aliphatic rings. The third kappa shape index (κ3) is 2.94. The van der Waals surface area contributed by atoms with Crippen molar-refractivity contribution in [2.45, 2.75) is 37.4 Å². The second-order valence-corrected chi connectivity index (χ2v) is 9.53. The average molecular weight is 478 g/mol. The van der Waals surface area contributed by atoms with E-state index < -0.39 is 11.2 Å². The van der Waals surface area contributed by atoms with Crippen LogP contribution in [0.2, 0.25) is 0 Å². The summed E-state index contributed by atoms with van der Waals surface area (Å²) in [7, 11) is 0. The topological polar surface area (TPSA) is 92.0 Å². The number of fused-ring (bicyclic) bond motifs is 6. The molecule has 3 aromatic carbocycles. The molecule has 0 unspecified atom stereocenters. The number of nitriles is 1. The fourth-order valence-electron chi connectivity index (χ4n) is 5.91. The lowest BCUT2D eigenvalue weighted by atomic mass is 9.78. The number of rotatable bonds is 5. The van der Waals surface area contributed by atoms with Gasteiger partial charge in [-0.25, -0.2) is 4.85 Å². The minimum atomic E-state index is -0.813. The number of aromatic nitrogens is 1. The van der Waals surface area contributed by atoms with Crippen LogP contribution < -0.4 is 4.74 Å². The lowest BCUT2D eigenvalue weighted by Crippen LogP contribution is -2.25. The number of aromatic hydroxyl groups is 2. The highest BCUT2D eigenvalue weighted by Gasteiger charge is 2.61. The van der Waals surface area contributed by atoms with Crippen molar-refractivity contribution in [2.24, 2.45) is 0 Å². The van der Waals surface area contributed by atoms with Gasteiger partial charge in [-0.2, -0.15) is 5.26 Å². The van der Waals surface area contributed by atoms with Gasteiger partial charge in [0.2, 0.25) is 17.4 Å². The molecule has 2 bridgehead atoms. The third-order valence-electron chi connectivity index (χ3n) is 7.54. The number of benzene rings is 3. The zero-order chi connectivity index (χ0) is 25.1. The van der Waals surface area contributed by atoms with Crippen LogP contribution in [0.5, 0.6) is 17.5 Å². The van der Waals surface area contributed by atoms with Gasteiger partial charge in [0, 0.05) is 17.2 Å². The van der Waals surface area contributed by atoms with E-state index in [-0.39, 0.29) is 18.4 Å². The van der Waals surface area contributed by atoms with Crippen LogP contribution in [0.25, 0.3) is 21.3 Å². The van der Waals surface area contributed by atoms with Crippen LogP contribution in [0, 0.1) is 17.9 Å². The average Bonchev–Trinajstić information content (AvgIpc) is 3.48. The van der Waals surface area contributed by atoms with Gasteiger partial charge >= 0.3 is 0 Å². The molecule has 1 aromatic heterocycles. The first-order valence-corrected chi connectivity index (χ1v) is 11.8. The Bertz CT molecular complexity index is 1630. The zero-order valence-electron chi connectivity index (χ0n) is 19.7. The molecule has 1 saturated heterocycles. The molecule has 7 heteroatoms. The quantitative estimate of drug-likeness (QED) is 0.336. The van der Waals surface area contributed by atoms with Crippen LogP contribution in [0.1, 0.15) is 42.9 Å². The fourth-order valence-corrected chi connectivity index (χ4v) is 5.91. The van der Waals surface area contributed by atoms with E-state index in [1.54, 1.807) is 30.3 Å². The van der Waals surface area contributed by atoms with Crippen LogP contribution in [0.3, 0.4) is 0 Å². The summed E-state index contributed by atoms with van der Waals surface area (Å²) in [6.45, 7) is 9.57. The predicted molar refractivity (Wildman–Crippen MR) is 133 cm³/mol. The normalized spacial score (nSPS) is 21.8. The first kappa shape index (κ1) is 22.0. The Kier molecular flexibility index (Phi) is 4.76. The Morgan fingerprint density at radius 1 is 1.03 bits per heavy atom. The molecule has 3 heterocycles. The number of para-hydroxylation sites is 2. The number of ether oxygens (including phenoxy) is 2.